The summed E-state index contributed by atoms with van der Waals surface area (Å²) in [5.74, 6) is 0. The summed E-state index contributed by atoms with van der Waals surface area (Å²) in [5, 5.41) is 17.6. The van der Waals surface area contributed by atoms with Crippen molar-refractivity contribution >= 4 is 5.65 Å². The minimum atomic E-state index is -1.32. The molecular formula is C9H10N2O2. The predicted molar refractivity (Wildman–Crippen MR) is 47.1 cm³/mol. The van der Waals surface area contributed by atoms with E-state index in [0.29, 0.717) is 0 Å². The second-order valence-corrected chi connectivity index (χ2v) is 2.86. The molecule has 0 atom stereocenters. The summed E-state index contributed by atoms with van der Waals surface area (Å²) in [6, 6.07) is 5.64. The first-order valence-corrected chi connectivity index (χ1v) is 4.04. The highest BCUT2D eigenvalue weighted by molar-refractivity contribution is 5.39. The van der Waals surface area contributed by atoms with Crippen molar-refractivity contribution < 1.29 is 10.2 Å². The first-order valence-electron chi connectivity index (χ1n) is 4.04. The van der Waals surface area contributed by atoms with Crippen LogP contribution < -0.4 is 0 Å². The van der Waals surface area contributed by atoms with Crippen molar-refractivity contribution in [3.8, 4) is 0 Å². The number of fused-ring (bicyclic) bond motifs is 1. The molecule has 0 fully saturated rings. The van der Waals surface area contributed by atoms with Crippen LogP contribution >= 0.6 is 0 Å². The van der Waals surface area contributed by atoms with Crippen LogP contribution in [-0.4, -0.2) is 25.9 Å². The third kappa shape index (κ3) is 1.54. The van der Waals surface area contributed by atoms with Crippen molar-refractivity contribution in [2.24, 2.45) is 0 Å². The van der Waals surface area contributed by atoms with Gasteiger partial charge in [-0.3, -0.25) is 0 Å². The van der Waals surface area contributed by atoms with E-state index in [1.807, 2.05) is 28.8 Å². The molecule has 0 bridgehead atoms. The quantitative estimate of drug-likeness (QED) is 0.645. The van der Waals surface area contributed by atoms with Crippen molar-refractivity contribution in [1.82, 2.24) is 9.38 Å². The fourth-order valence-electron chi connectivity index (χ4n) is 1.32. The number of nitrogens with zero attached hydrogens (tertiary/aromatic N) is 2. The highest BCUT2D eigenvalue weighted by atomic mass is 16.5. The molecule has 13 heavy (non-hydrogen) atoms. The van der Waals surface area contributed by atoms with E-state index in [9.17, 15) is 0 Å². The Labute approximate surface area is 75.1 Å². The van der Waals surface area contributed by atoms with Gasteiger partial charge >= 0.3 is 0 Å². The monoisotopic (exact) mass is 178 g/mol. The zero-order chi connectivity index (χ0) is 9.26. The van der Waals surface area contributed by atoms with Gasteiger partial charge in [0.15, 0.2) is 6.29 Å². The smallest absolute Gasteiger partial charge is 0.157 e. The second-order valence-electron chi connectivity index (χ2n) is 2.86. The minimum Gasteiger partial charge on any atom is -0.368 e. The molecule has 0 saturated heterocycles. The van der Waals surface area contributed by atoms with Gasteiger partial charge in [-0.1, -0.05) is 6.07 Å². The maximum Gasteiger partial charge on any atom is 0.157 e. The average molecular weight is 178 g/mol. The number of aliphatic hydroxyl groups is 2. The molecule has 0 saturated carbocycles. The first kappa shape index (κ1) is 8.22. The van der Waals surface area contributed by atoms with Gasteiger partial charge in [-0.25, -0.2) is 4.98 Å². The Bertz CT molecular complexity index is 409. The second kappa shape index (κ2) is 3.16. The number of aliphatic hydroxyl groups excluding tert-OH is 1. The summed E-state index contributed by atoms with van der Waals surface area (Å²) in [5.41, 5.74) is 1.61. The summed E-state index contributed by atoms with van der Waals surface area (Å²) in [6.07, 6.45) is 2.38. The molecule has 0 radical (unpaired) electrons. The fraction of sp³-hybridized carbons (Fsp3) is 0.222. The van der Waals surface area contributed by atoms with Crippen molar-refractivity contribution in [3.05, 3.63) is 36.3 Å². The van der Waals surface area contributed by atoms with Crippen molar-refractivity contribution in [2.45, 2.75) is 12.7 Å². The van der Waals surface area contributed by atoms with Crippen LogP contribution in [0.25, 0.3) is 5.65 Å². The summed E-state index contributed by atoms with van der Waals surface area (Å²) < 4.78 is 1.83. The lowest BCUT2D eigenvalue weighted by molar-refractivity contribution is -0.0389. The molecule has 0 aliphatic heterocycles. The summed E-state index contributed by atoms with van der Waals surface area (Å²) in [7, 11) is 0. The SMILES string of the molecule is OC(O)Cc1cnc2ccccn12. The lowest BCUT2D eigenvalue weighted by Crippen LogP contribution is -2.09. The van der Waals surface area contributed by atoms with Crippen LogP contribution in [0.4, 0.5) is 0 Å². The largest absolute Gasteiger partial charge is 0.368 e. The molecule has 0 aromatic carbocycles. The molecule has 4 nitrogen and oxygen atoms in total. The number of hydrogen-bond donors (Lipinski definition) is 2. The van der Waals surface area contributed by atoms with Gasteiger partial charge in [-0.05, 0) is 12.1 Å². The van der Waals surface area contributed by atoms with Gasteiger partial charge in [-0.15, -0.1) is 0 Å². The lowest BCUT2D eigenvalue weighted by Gasteiger charge is -2.02. The Morgan fingerprint density at radius 3 is 3.00 bits per heavy atom. The van der Waals surface area contributed by atoms with E-state index >= 15 is 0 Å². The van der Waals surface area contributed by atoms with E-state index in [-0.39, 0.29) is 6.42 Å². The van der Waals surface area contributed by atoms with Gasteiger partial charge in [0.2, 0.25) is 0 Å². The van der Waals surface area contributed by atoms with Crippen molar-refractivity contribution in [3.63, 3.8) is 0 Å². The molecular weight excluding hydrogens is 168 g/mol. The Balaban J connectivity index is 2.46. The highest BCUT2D eigenvalue weighted by Gasteiger charge is 2.05. The maximum absolute atomic E-state index is 8.80. The van der Waals surface area contributed by atoms with Gasteiger partial charge in [0, 0.05) is 24.5 Å². The molecule has 0 unspecified atom stereocenters. The van der Waals surface area contributed by atoms with Crippen molar-refractivity contribution in [1.29, 1.82) is 0 Å². The molecule has 68 valence electrons. The third-order valence-electron chi connectivity index (χ3n) is 1.89. The number of rotatable bonds is 2. The molecule has 0 spiro atoms. The molecule has 2 aromatic heterocycles. The predicted octanol–water partition coefficient (Wildman–Crippen LogP) is 0.188. The summed E-state index contributed by atoms with van der Waals surface area (Å²) in [4.78, 5) is 4.11. The molecule has 2 aromatic rings. The third-order valence-corrected chi connectivity index (χ3v) is 1.89. The zero-order valence-corrected chi connectivity index (χ0v) is 6.96. The summed E-state index contributed by atoms with van der Waals surface area (Å²) in [6.45, 7) is 0. The molecule has 2 rings (SSSR count). The van der Waals surface area contributed by atoms with Gasteiger partial charge in [0.25, 0.3) is 0 Å². The lowest BCUT2D eigenvalue weighted by atomic mass is 10.3. The molecule has 0 aliphatic carbocycles. The van der Waals surface area contributed by atoms with Crippen LogP contribution in [0.1, 0.15) is 5.69 Å². The Kier molecular flexibility index (Phi) is 2.00. The molecule has 2 heterocycles. The van der Waals surface area contributed by atoms with E-state index < -0.39 is 6.29 Å². The van der Waals surface area contributed by atoms with E-state index in [2.05, 4.69) is 4.98 Å². The first-order chi connectivity index (χ1) is 6.27. The number of pyridine rings is 1. The van der Waals surface area contributed by atoms with Crippen LogP contribution in [0.15, 0.2) is 30.6 Å². The normalized spacial score (nSPS) is 11.3. The van der Waals surface area contributed by atoms with E-state index in [4.69, 9.17) is 10.2 Å². The minimum absolute atomic E-state index is 0.200. The fourth-order valence-corrected chi connectivity index (χ4v) is 1.32. The van der Waals surface area contributed by atoms with Crippen LogP contribution in [-0.2, 0) is 6.42 Å². The van der Waals surface area contributed by atoms with E-state index in [1.165, 1.54) is 0 Å². The van der Waals surface area contributed by atoms with Crippen LogP contribution in [0.5, 0.6) is 0 Å². The van der Waals surface area contributed by atoms with Crippen LogP contribution in [0.3, 0.4) is 0 Å². The summed E-state index contributed by atoms with van der Waals surface area (Å²) >= 11 is 0. The van der Waals surface area contributed by atoms with E-state index in [1.54, 1.807) is 6.20 Å². The van der Waals surface area contributed by atoms with Gasteiger partial charge in [0.05, 0.1) is 0 Å². The van der Waals surface area contributed by atoms with E-state index in [0.717, 1.165) is 11.3 Å². The van der Waals surface area contributed by atoms with Crippen molar-refractivity contribution in [2.75, 3.05) is 0 Å². The number of hydrogen-bond acceptors (Lipinski definition) is 3. The molecule has 0 amide bonds. The Morgan fingerprint density at radius 1 is 1.38 bits per heavy atom. The highest BCUT2D eigenvalue weighted by Crippen LogP contribution is 2.07. The van der Waals surface area contributed by atoms with Gasteiger partial charge in [0.1, 0.15) is 5.65 Å². The number of aromatic nitrogens is 2. The van der Waals surface area contributed by atoms with Crippen LogP contribution in [0.2, 0.25) is 0 Å². The average Bonchev–Trinajstić information content (AvgIpc) is 2.48. The van der Waals surface area contributed by atoms with Gasteiger partial charge < -0.3 is 14.6 Å². The number of imidazole rings is 1. The Hall–Kier alpha value is -1.39. The maximum atomic E-state index is 8.80. The van der Waals surface area contributed by atoms with Crippen LogP contribution in [0, 0.1) is 0 Å². The Morgan fingerprint density at radius 2 is 2.23 bits per heavy atom. The molecule has 0 aliphatic rings. The van der Waals surface area contributed by atoms with Gasteiger partial charge in [-0.2, -0.15) is 0 Å². The zero-order valence-electron chi connectivity index (χ0n) is 6.96. The molecule has 4 heteroatoms. The topological polar surface area (TPSA) is 57.8 Å². The standard InChI is InChI=1S/C9H10N2O2/c12-9(13)5-7-6-10-8-3-1-2-4-11(7)8/h1-4,6,9,12-13H,5H2. The molecule has 2 N–H and O–H groups in total.